The third-order valence-electron chi connectivity index (χ3n) is 6.09. The Balaban J connectivity index is 0.000000339. The smallest absolute Gasteiger partial charge is 0.481 e. The van der Waals surface area contributed by atoms with Gasteiger partial charge in [-0.1, -0.05) is 11.6 Å². The van der Waals surface area contributed by atoms with E-state index >= 15 is 0 Å². The molecule has 12 heteroatoms. The fraction of sp³-hybridized carbons (Fsp3) is 0.579. The summed E-state index contributed by atoms with van der Waals surface area (Å²) < 4.78 is 31.7. The molecule has 0 spiro atoms. The third kappa shape index (κ3) is 4.56. The van der Waals surface area contributed by atoms with Gasteiger partial charge in [0.15, 0.2) is 0 Å². The molecular weight excluding hydrogens is 443 g/mol. The van der Waals surface area contributed by atoms with Crippen LogP contribution < -0.4 is 5.32 Å². The van der Waals surface area contributed by atoms with Crippen molar-refractivity contribution >= 4 is 35.1 Å². The molecule has 1 saturated heterocycles. The fourth-order valence-electron chi connectivity index (χ4n) is 4.52. The van der Waals surface area contributed by atoms with Crippen molar-refractivity contribution in [3.05, 3.63) is 23.5 Å². The van der Waals surface area contributed by atoms with E-state index in [1.54, 1.807) is 12.4 Å². The molecule has 0 aromatic carbocycles. The van der Waals surface area contributed by atoms with E-state index in [2.05, 4.69) is 10.3 Å². The normalized spacial score (nSPS) is 27.2. The zero-order valence-corrected chi connectivity index (χ0v) is 17.0. The third-order valence-corrected chi connectivity index (χ3v) is 6.40. The predicted octanol–water partition coefficient (Wildman–Crippen LogP) is 3.03. The van der Waals surface area contributed by atoms with Gasteiger partial charge in [0.2, 0.25) is 5.91 Å². The molecule has 2 bridgehead atoms. The van der Waals surface area contributed by atoms with E-state index in [0.717, 1.165) is 18.5 Å². The lowest BCUT2D eigenvalue weighted by molar-refractivity contribution is -0.226. The molecule has 5 rings (SSSR count). The van der Waals surface area contributed by atoms with Gasteiger partial charge in [0.1, 0.15) is 0 Å². The summed E-state index contributed by atoms with van der Waals surface area (Å²) in [6.07, 6.45) is 1.55. The van der Waals surface area contributed by atoms with Gasteiger partial charge in [0.25, 0.3) is 0 Å². The second-order valence-electron chi connectivity index (χ2n) is 8.27. The first kappa shape index (κ1) is 23.1. The zero-order valence-electron chi connectivity index (χ0n) is 16.3. The number of amides is 1. The first-order valence-electron chi connectivity index (χ1n) is 9.58. The van der Waals surface area contributed by atoms with Crippen molar-refractivity contribution in [2.24, 2.45) is 10.8 Å². The van der Waals surface area contributed by atoms with Gasteiger partial charge < -0.3 is 20.4 Å². The van der Waals surface area contributed by atoms with Crippen molar-refractivity contribution in [2.75, 3.05) is 18.4 Å². The van der Waals surface area contributed by atoms with Crippen molar-refractivity contribution < 1.29 is 37.8 Å². The number of carboxylic acids is 2. The van der Waals surface area contributed by atoms with Crippen LogP contribution in [0.3, 0.4) is 0 Å². The lowest BCUT2D eigenvalue weighted by Crippen LogP contribution is -2.71. The number of aliphatic carboxylic acids is 2. The average molecular weight is 464 g/mol. The highest BCUT2D eigenvalue weighted by Gasteiger charge is 2.75. The molecule has 3 aliphatic carbocycles. The number of carbonyl (C=O) groups is 3. The minimum absolute atomic E-state index is 0.158. The number of hydrogen-bond acceptors (Lipinski definition) is 5. The number of alkyl halides is 3. The lowest BCUT2D eigenvalue weighted by atomic mass is 9.34. The van der Waals surface area contributed by atoms with E-state index < -0.39 is 23.5 Å². The molecule has 1 amide bonds. The topological polar surface area (TPSA) is 120 Å². The van der Waals surface area contributed by atoms with Crippen molar-refractivity contribution in [2.45, 2.75) is 44.3 Å². The maximum Gasteiger partial charge on any atom is 0.490 e. The fourth-order valence-corrected chi connectivity index (χ4v) is 4.69. The van der Waals surface area contributed by atoms with Crippen LogP contribution in [0.1, 0.15) is 32.1 Å². The monoisotopic (exact) mass is 463 g/mol. The number of likely N-dealkylation sites (tertiary alicyclic amines) is 1. The summed E-state index contributed by atoms with van der Waals surface area (Å²) in [7, 11) is 0. The highest BCUT2D eigenvalue weighted by Crippen LogP contribution is 2.74. The quantitative estimate of drug-likeness (QED) is 0.627. The summed E-state index contributed by atoms with van der Waals surface area (Å²) >= 11 is 6.12. The highest BCUT2D eigenvalue weighted by molar-refractivity contribution is 6.33. The van der Waals surface area contributed by atoms with Gasteiger partial charge in [0.05, 0.1) is 21.5 Å². The van der Waals surface area contributed by atoms with Gasteiger partial charge in [-0.3, -0.25) is 14.6 Å². The van der Waals surface area contributed by atoms with E-state index in [9.17, 15) is 27.9 Å². The summed E-state index contributed by atoms with van der Waals surface area (Å²) in [5.74, 6) is -3.34. The summed E-state index contributed by atoms with van der Waals surface area (Å²) in [5.41, 5.74) is -0.0833. The number of rotatable bonds is 4. The number of carboxylic acid groups (broad SMARTS) is 2. The van der Waals surface area contributed by atoms with Gasteiger partial charge in [-0.2, -0.15) is 13.2 Å². The standard InChI is InChI=1S/C17H20ClN3O3.C2HF3O2/c18-12-7-19-4-1-13(12)20-11-2-5-21(6-3-11)14(22)16-8-17(9-16,10-16)15(23)24;3-2(4,5)1(6)7/h1,4,7,11H,2-3,5-6,8-10H2,(H,19,20)(H,23,24);(H,6,7). The summed E-state index contributed by atoms with van der Waals surface area (Å²) in [6, 6.07) is 2.14. The van der Waals surface area contributed by atoms with E-state index in [1.807, 2.05) is 11.0 Å². The number of anilines is 1. The van der Waals surface area contributed by atoms with E-state index in [0.29, 0.717) is 37.4 Å². The van der Waals surface area contributed by atoms with Crippen molar-refractivity contribution in [3.8, 4) is 0 Å². The number of hydrogen-bond donors (Lipinski definition) is 3. The zero-order chi connectivity index (χ0) is 23.0. The van der Waals surface area contributed by atoms with Gasteiger partial charge in [-0.05, 0) is 38.2 Å². The maximum absolute atomic E-state index is 12.7. The second-order valence-corrected chi connectivity index (χ2v) is 8.67. The summed E-state index contributed by atoms with van der Waals surface area (Å²) in [6.45, 7) is 1.42. The molecule has 8 nitrogen and oxygen atoms in total. The first-order valence-corrected chi connectivity index (χ1v) is 9.95. The molecule has 1 aromatic heterocycles. The van der Waals surface area contributed by atoms with Crippen molar-refractivity contribution in [3.63, 3.8) is 0 Å². The van der Waals surface area contributed by atoms with E-state index in [-0.39, 0.29) is 17.4 Å². The van der Waals surface area contributed by atoms with E-state index in [4.69, 9.17) is 21.5 Å². The molecule has 170 valence electrons. The second kappa shape index (κ2) is 8.18. The van der Waals surface area contributed by atoms with Crippen LogP contribution in [0.15, 0.2) is 18.5 Å². The number of carbonyl (C=O) groups excluding carboxylic acids is 1. The number of aromatic nitrogens is 1. The Bertz CT molecular complexity index is 867. The SMILES string of the molecule is O=C(O)C(F)(F)F.O=C(O)C12CC(C(=O)N3CCC(Nc4ccncc4Cl)CC3)(C1)C2. The molecule has 4 fully saturated rings. The maximum atomic E-state index is 12.7. The van der Waals surface area contributed by atoms with Crippen molar-refractivity contribution in [1.29, 1.82) is 0 Å². The molecule has 2 heterocycles. The molecule has 4 aliphatic rings. The molecular formula is C19H21ClF3N3O5. The summed E-state index contributed by atoms with van der Waals surface area (Å²) in [5, 5.41) is 20.3. The molecule has 3 N–H and O–H groups in total. The molecule has 31 heavy (non-hydrogen) atoms. The van der Waals surface area contributed by atoms with Crippen LogP contribution in [0.4, 0.5) is 18.9 Å². The van der Waals surface area contributed by atoms with Crippen LogP contribution in [0.2, 0.25) is 5.02 Å². The minimum atomic E-state index is -5.08. The van der Waals surface area contributed by atoms with Gasteiger partial charge in [-0.25, -0.2) is 4.79 Å². The van der Waals surface area contributed by atoms with Gasteiger partial charge >= 0.3 is 18.1 Å². The molecule has 0 unspecified atom stereocenters. The number of nitrogens with zero attached hydrogens (tertiary/aromatic N) is 2. The van der Waals surface area contributed by atoms with Crippen LogP contribution in [0, 0.1) is 10.8 Å². The molecule has 3 saturated carbocycles. The Morgan fingerprint density at radius 1 is 1.13 bits per heavy atom. The number of pyridine rings is 1. The van der Waals surface area contributed by atoms with Crippen molar-refractivity contribution in [1.82, 2.24) is 9.88 Å². The minimum Gasteiger partial charge on any atom is -0.481 e. The Labute approximate surface area is 180 Å². The number of nitrogens with one attached hydrogen (secondary N) is 1. The van der Waals surface area contributed by atoms with E-state index in [1.165, 1.54) is 0 Å². The molecule has 1 aromatic rings. The van der Waals surface area contributed by atoms with Crippen LogP contribution in [-0.4, -0.2) is 63.3 Å². The highest BCUT2D eigenvalue weighted by atomic mass is 35.5. The Kier molecular flexibility index (Phi) is 6.09. The van der Waals surface area contributed by atoms with Crippen LogP contribution >= 0.6 is 11.6 Å². The molecule has 0 atom stereocenters. The van der Waals surface area contributed by atoms with Gasteiger partial charge in [-0.15, -0.1) is 0 Å². The number of piperidine rings is 1. The van der Waals surface area contributed by atoms with Crippen LogP contribution in [-0.2, 0) is 14.4 Å². The first-order chi connectivity index (χ1) is 14.4. The largest absolute Gasteiger partial charge is 0.490 e. The predicted molar refractivity (Wildman–Crippen MR) is 103 cm³/mol. The molecule has 1 aliphatic heterocycles. The number of halogens is 4. The lowest BCUT2D eigenvalue weighted by Gasteiger charge is -2.67. The average Bonchev–Trinajstić information content (AvgIpc) is 2.61. The Hall–Kier alpha value is -2.56. The Morgan fingerprint density at radius 2 is 1.68 bits per heavy atom. The molecule has 0 radical (unpaired) electrons. The summed E-state index contributed by atoms with van der Waals surface area (Å²) in [4.78, 5) is 38.7. The van der Waals surface area contributed by atoms with Crippen LogP contribution in [0.25, 0.3) is 0 Å². The van der Waals surface area contributed by atoms with Gasteiger partial charge in [0, 0.05) is 31.5 Å². The van der Waals surface area contributed by atoms with Crippen LogP contribution in [0.5, 0.6) is 0 Å². The Morgan fingerprint density at radius 3 is 2.13 bits per heavy atom.